The molecule has 20 heavy (non-hydrogen) atoms. The minimum Gasteiger partial charge on any atom is -0.465 e. The van der Waals surface area contributed by atoms with Crippen molar-refractivity contribution in [1.82, 2.24) is 9.80 Å². The molecule has 2 amide bonds. The number of likely N-dealkylation sites (tertiary alicyclic amines) is 1. The van der Waals surface area contributed by atoms with E-state index in [-0.39, 0.29) is 11.9 Å². The van der Waals surface area contributed by atoms with Gasteiger partial charge < -0.3 is 14.9 Å². The molecule has 0 atom stereocenters. The molecule has 0 unspecified atom stereocenters. The van der Waals surface area contributed by atoms with Crippen LogP contribution in [0.2, 0.25) is 0 Å². The van der Waals surface area contributed by atoms with E-state index in [0.29, 0.717) is 32.5 Å². The minimum absolute atomic E-state index is 0.0706. The van der Waals surface area contributed by atoms with E-state index in [1.165, 1.54) is 4.90 Å². The van der Waals surface area contributed by atoms with Crippen molar-refractivity contribution in [3.8, 4) is 0 Å². The summed E-state index contributed by atoms with van der Waals surface area (Å²) in [5, 5.41) is 8.95. The lowest BCUT2D eigenvalue weighted by molar-refractivity contribution is 0.0597. The fraction of sp³-hybridized carbons (Fsp3) is 0.429. The Kier molecular flexibility index (Phi) is 3.41. The number of hydrogen-bond donors (Lipinski definition) is 1. The highest BCUT2D eigenvalue weighted by molar-refractivity contribution is 9.10. The molecule has 0 spiro atoms. The van der Waals surface area contributed by atoms with Crippen LogP contribution in [0, 0.1) is 0 Å². The van der Waals surface area contributed by atoms with Crippen molar-refractivity contribution < 1.29 is 14.7 Å². The summed E-state index contributed by atoms with van der Waals surface area (Å²) in [6.45, 7) is 1.64. The summed E-state index contributed by atoms with van der Waals surface area (Å²) >= 11 is 3.42. The van der Waals surface area contributed by atoms with Crippen LogP contribution in [0.25, 0.3) is 0 Å². The SMILES string of the molecule is O=C(O)N1CCC(N2Cc3cc(Br)ccc3C2=O)CC1. The van der Waals surface area contributed by atoms with Crippen molar-refractivity contribution in [1.29, 1.82) is 0 Å². The maximum atomic E-state index is 12.4. The Labute approximate surface area is 125 Å². The zero-order chi connectivity index (χ0) is 14.3. The summed E-state index contributed by atoms with van der Waals surface area (Å²) in [6.07, 6.45) is 0.559. The zero-order valence-corrected chi connectivity index (χ0v) is 12.5. The summed E-state index contributed by atoms with van der Waals surface area (Å²) in [5.41, 5.74) is 1.82. The van der Waals surface area contributed by atoms with Gasteiger partial charge in [0.2, 0.25) is 0 Å². The first-order valence-electron chi connectivity index (χ1n) is 6.63. The lowest BCUT2D eigenvalue weighted by Gasteiger charge is -2.35. The number of halogens is 1. The van der Waals surface area contributed by atoms with Crippen molar-refractivity contribution in [3.05, 3.63) is 33.8 Å². The number of piperidine rings is 1. The molecule has 0 aromatic heterocycles. The third kappa shape index (κ3) is 2.28. The fourth-order valence-corrected chi connectivity index (χ4v) is 3.38. The van der Waals surface area contributed by atoms with Crippen LogP contribution >= 0.6 is 15.9 Å². The molecule has 106 valence electrons. The average Bonchev–Trinajstić information content (AvgIpc) is 2.75. The minimum atomic E-state index is -0.872. The van der Waals surface area contributed by atoms with Gasteiger partial charge in [0.1, 0.15) is 0 Å². The molecule has 1 aromatic rings. The molecule has 2 heterocycles. The Balaban J connectivity index is 1.72. The van der Waals surface area contributed by atoms with Gasteiger partial charge in [0.25, 0.3) is 5.91 Å². The van der Waals surface area contributed by atoms with Crippen molar-refractivity contribution >= 4 is 27.9 Å². The standard InChI is InChI=1S/C14H15BrN2O3/c15-10-1-2-12-9(7-10)8-17(13(12)18)11-3-5-16(6-4-11)14(19)20/h1-2,7,11H,3-6,8H2,(H,19,20). The average molecular weight is 339 g/mol. The molecule has 1 N–H and O–H groups in total. The highest BCUT2D eigenvalue weighted by Crippen LogP contribution is 2.30. The quantitative estimate of drug-likeness (QED) is 0.855. The number of carbonyl (C=O) groups excluding carboxylic acids is 1. The van der Waals surface area contributed by atoms with Gasteiger partial charge in [-0.25, -0.2) is 4.79 Å². The van der Waals surface area contributed by atoms with Crippen LogP contribution in [0.3, 0.4) is 0 Å². The second-order valence-electron chi connectivity index (χ2n) is 5.24. The topological polar surface area (TPSA) is 60.9 Å². The van der Waals surface area contributed by atoms with Crippen molar-refractivity contribution in [3.63, 3.8) is 0 Å². The predicted molar refractivity (Wildman–Crippen MR) is 76.6 cm³/mol. The van der Waals surface area contributed by atoms with Gasteiger partial charge in [-0.1, -0.05) is 15.9 Å². The third-order valence-corrected chi connectivity index (χ3v) is 4.57. The molecule has 6 heteroatoms. The highest BCUT2D eigenvalue weighted by atomic mass is 79.9. The van der Waals surface area contributed by atoms with Gasteiger partial charge in [0.05, 0.1) is 0 Å². The number of amides is 2. The van der Waals surface area contributed by atoms with Gasteiger partial charge in [0.15, 0.2) is 0 Å². The fourth-order valence-electron chi connectivity index (χ4n) is 2.98. The maximum absolute atomic E-state index is 12.4. The van der Waals surface area contributed by atoms with E-state index >= 15 is 0 Å². The van der Waals surface area contributed by atoms with Gasteiger partial charge >= 0.3 is 6.09 Å². The van der Waals surface area contributed by atoms with E-state index < -0.39 is 6.09 Å². The second kappa shape index (κ2) is 5.09. The van der Waals surface area contributed by atoms with Crippen molar-refractivity contribution in [2.75, 3.05) is 13.1 Å². The van der Waals surface area contributed by atoms with Crippen LogP contribution in [0.1, 0.15) is 28.8 Å². The number of carboxylic acid groups (broad SMARTS) is 1. The van der Waals surface area contributed by atoms with E-state index in [9.17, 15) is 9.59 Å². The van der Waals surface area contributed by atoms with E-state index in [4.69, 9.17) is 5.11 Å². The number of nitrogens with zero attached hydrogens (tertiary/aromatic N) is 2. The van der Waals surface area contributed by atoms with E-state index in [2.05, 4.69) is 15.9 Å². The molecule has 1 aromatic carbocycles. The van der Waals surface area contributed by atoms with Gasteiger partial charge in [-0.05, 0) is 36.6 Å². The van der Waals surface area contributed by atoms with E-state index in [1.807, 2.05) is 23.1 Å². The Morgan fingerprint density at radius 1 is 1.30 bits per heavy atom. The summed E-state index contributed by atoms with van der Waals surface area (Å²) < 4.78 is 0.978. The molecule has 1 fully saturated rings. The van der Waals surface area contributed by atoms with Crippen LogP contribution in [0.4, 0.5) is 4.79 Å². The Bertz CT molecular complexity index is 568. The molecule has 2 aliphatic rings. The molecule has 5 nitrogen and oxygen atoms in total. The van der Waals surface area contributed by atoms with Gasteiger partial charge in [-0.3, -0.25) is 4.79 Å². The van der Waals surface area contributed by atoms with Crippen LogP contribution in [-0.4, -0.2) is 46.0 Å². The third-order valence-electron chi connectivity index (χ3n) is 4.08. The van der Waals surface area contributed by atoms with Crippen LogP contribution in [0.15, 0.2) is 22.7 Å². The first-order chi connectivity index (χ1) is 9.56. The molecule has 0 aliphatic carbocycles. The molecule has 0 radical (unpaired) electrons. The van der Waals surface area contributed by atoms with Gasteiger partial charge in [-0.15, -0.1) is 0 Å². The summed E-state index contributed by atoms with van der Waals surface area (Å²) in [6, 6.07) is 5.87. The predicted octanol–water partition coefficient (Wildman–Crippen LogP) is 2.55. The maximum Gasteiger partial charge on any atom is 0.407 e. The smallest absolute Gasteiger partial charge is 0.407 e. The molecule has 1 saturated heterocycles. The normalized spacial score (nSPS) is 19.4. The molecule has 0 bridgehead atoms. The zero-order valence-electron chi connectivity index (χ0n) is 10.9. The van der Waals surface area contributed by atoms with Crippen LogP contribution in [0.5, 0.6) is 0 Å². The lowest BCUT2D eigenvalue weighted by Crippen LogP contribution is -2.46. The first-order valence-corrected chi connectivity index (χ1v) is 7.43. The number of fused-ring (bicyclic) bond motifs is 1. The summed E-state index contributed by atoms with van der Waals surface area (Å²) in [4.78, 5) is 26.6. The Morgan fingerprint density at radius 2 is 2.00 bits per heavy atom. The Hall–Kier alpha value is -1.56. The van der Waals surface area contributed by atoms with E-state index in [0.717, 1.165) is 15.6 Å². The monoisotopic (exact) mass is 338 g/mol. The van der Waals surface area contributed by atoms with Crippen LogP contribution in [-0.2, 0) is 6.54 Å². The molecular formula is C14H15BrN2O3. The molecular weight excluding hydrogens is 324 g/mol. The molecule has 3 rings (SSSR count). The molecule has 2 aliphatic heterocycles. The summed E-state index contributed by atoms with van der Waals surface area (Å²) in [5.74, 6) is 0.0706. The van der Waals surface area contributed by atoms with E-state index in [1.54, 1.807) is 0 Å². The van der Waals surface area contributed by atoms with Crippen molar-refractivity contribution in [2.24, 2.45) is 0 Å². The Morgan fingerprint density at radius 3 is 2.65 bits per heavy atom. The second-order valence-corrected chi connectivity index (χ2v) is 6.15. The van der Waals surface area contributed by atoms with Crippen LogP contribution < -0.4 is 0 Å². The lowest BCUT2D eigenvalue weighted by atomic mass is 10.0. The first kappa shape index (κ1) is 13.4. The number of hydrogen-bond acceptors (Lipinski definition) is 2. The number of carbonyl (C=O) groups is 2. The van der Waals surface area contributed by atoms with Gasteiger partial charge in [-0.2, -0.15) is 0 Å². The highest BCUT2D eigenvalue weighted by Gasteiger charge is 2.35. The van der Waals surface area contributed by atoms with Crippen molar-refractivity contribution in [2.45, 2.75) is 25.4 Å². The number of benzene rings is 1. The van der Waals surface area contributed by atoms with Gasteiger partial charge in [0, 0.05) is 35.7 Å². The summed E-state index contributed by atoms with van der Waals surface area (Å²) in [7, 11) is 0. The largest absolute Gasteiger partial charge is 0.465 e. The number of rotatable bonds is 1. The molecule has 0 saturated carbocycles.